The van der Waals surface area contributed by atoms with Crippen LogP contribution in [0.3, 0.4) is 0 Å². The summed E-state index contributed by atoms with van der Waals surface area (Å²) in [4.78, 5) is 27.0. The number of likely N-dealkylation sites (tertiary alicyclic amines) is 1. The summed E-state index contributed by atoms with van der Waals surface area (Å²) in [7, 11) is 0. The molecule has 0 aliphatic carbocycles. The van der Waals surface area contributed by atoms with Gasteiger partial charge in [0, 0.05) is 26.2 Å². The molecule has 1 heterocycles. The average Bonchev–Trinajstić information content (AvgIpc) is 2.77. The lowest BCUT2D eigenvalue weighted by atomic mass is 9.99. The van der Waals surface area contributed by atoms with E-state index < -0.39 is 11.9 Å². The lowest BCUT2D eigenvalue weighted by molar-refractivity contribution is -0.142. The number of carboxylic acid groups (broad SMARTS) is 1. The fraction of sp³-hybridized carbons (Fsp3) is 0.857. The molecule has 1 unspecified atom stereocenters. The van der Waals surface area contributed by atoms with Gasteiger partial charge in [-0.1, -0.05) is 27.2 Å². The van der Waals surface area contributed by atoms with E-state index in [9.17, 15) is 9.59 Å². The second-order valence-electron chi connectivity index (χ2n) is 5.66. The van der Waals surface area contributed by atoms with E-state index in [0.717, 1.165) is 13.0 Å². The lowest BCUT2D eigenvalue weighted by Crippen LogP contribution is -2.44. The number of hydrogen-bond donors (Lipinski definition) is 1. The van der Waals surface area contributed by atoms with Crippen LogP contribution in [-0.4, -0.2) is 53.1 Å². The van der Waals surface area contributed by atoms with Gasteiger partial charge in [0.05, 0.1) is 5.92 Å². The number of rotatable bonds is 5. The van der Waals surface area contributed by atoms with Crippen molar-refractivity contribution < 1.29 is 14.7 Å². The van der Waals surface area contributed by atoms with E-state index in [1.54, 1.807) is 4.90 Å². The zero-order valence-corrected chi connectivity index (χ0v) is 12.4. The van der Waals surface area contributed by atoms with Crippen molar-refractivity contribution >= 4 is 12.0 Å². The van der Waals surface area contributed by atoms with Crippen LogP contribution in [0.15, 0.2) is 0 Å². The number of urea groups is 1. The molecule has 1 N–H and O–H groups in total. The molecule has 0 radical (unpaired) electrons. The zero-order valence-electron chi connectivity index (χ0n) is 12.4. The van der Waals surface area contributed by atoms with Gasteiger partial charge in [0.25, 0.3) is 0 Å². The molecular formula is C14H26N2O3. The second kappa shape index (κ2) is 6.78. The van der Waals surface area contributed by atoms with Gasteiger partial charge < -0.3 is 14.9 Å². The predicted octanol–water partition coefficient (Wildman–Crippen LogP) is 2.13. The molecule has 19 heavy (non-hydrogen) atoms. The molecule has 0 saturated carbocycles. The van der Waals surface area contributed by atoms with E-state index in [1.807, 2.05) is 18.7 Å². The molecule has 110 valence electrons. The van der Waals surface area contributed by atoms with Crippen molar-refractivity contribution in [3.8, 4) is 0 Å². The Morgan fingerprint density at radius 1 is 1.37 bits per heavy atom. The van der Waals surface area contributed by atoms with E-state index in [4.69, 9.17) is 5.11 Å². The normalized spacial score (nSPS) is 24.3. The van der Waals surface area contributed by atoms with Crippen LogP contribution in [0, 0.1) is 17.8 Å². The summed E-state index contributed by atoms with van der Waals surface area (Å²) in [5, 5.41) is 9.11. The van der Waals surface area contributed by atoms with Crippen molar-refractivity contribution in [3.63, 3.8) is 0 Å². The number of carbonyl (C=O) groups excluding carboxylic acids is 1. The Bertz CT molecular complexity index is 333. The highest BCUT2D eigenvalue weighted by Crippen LogP contribution is 2.24. The molecule has 1 fully saturated rings. The lowest BCUT2D eigenvalue weighted by Gasteiger charge is -2.29. The number of amides is 2. The Morgan fingerprint density at radius 2 is 2.00 bits per heavy atom. The summed E-state index contributed by atoms with van der Waals surface area (Å²) in [5.41, 5.74) is 0. The molecular weight excluding hydrogens is 244 g/mol. The Hall–Kier alpha value is -1.26. The van der Waals surface area contributed by atoms with Crippen molar-refractivity contribution in [3.05, 3.63) is 0 Å². The van der Waals surface area contributed by atoms with Crippen LogP contribution in [0.25, 0.3) is 0 Å². The van der Waals surface area contributed by atoms with Gasteiger partial charge >= 0.3 is 12.0 Å². The van der Waals surface area contributed by atoms with Gasteiger partial charge in [0.15, 0.2) is 0 Å². The van der Waals surface area contributed by atoms with Crippen molar-refractivity contribution in [2.75, 3.05) is 26.2 Å². The molecule has 0 aromatic rings. The summed E-state index contributed by atoms with van der Waals surface area (Å²) in [5.74, 6) is -0.720. The number of nitrogens with zero attached hydrogens (tertiary/aromatic N) is 2. The maximum absolute atomic E-state index is 12.4. The molecule has 0 bridgehead atoms. The standard InChI is InChI=1S/C14H26N2O3/c1-5-10(3)7-15(6-2)14(19)16-8-11(4)12(9-16)13(17)18/h10-12H,5-9H2,1-4H3,(H,17,18)/t10?,11-,12-/m1/s1. The molecule has 3 atom stereocenters. The topological polar surface area (TPSA) is 60.9 Å². The maximum atomic E-state index is 12.4. The first-order valence-corrected chi connectivity index (χ1v) is 7.17. The third-order valence-electron chi connectivity index (χ3n) is 4.08. The first-order chi connectivity index (χ1) is 8.90. The van der Waals surface area contributed by atoms with Gasteiger partial charge in [-0.15, -0.1) is 0 Å². The number of hydrogen-bond acceptors (Lipinski definition) is 2. The predicted molar refractivity (Wildman–Crippen MR) is 74.0 cm³/mol. The molecule has 2 amide bonds. The molecule has 5 nitrogen and oxygen atoms in total. The molecule has 5 heteroatoms. The van der Waals surface area contributed by atoms with Crippen LogP contribution < -0.4 is 0 Å². The van der Waals surface area contributed by atoms with Gasteiger partial charge in [0.2, 0.25) is 0 Å². The molecule has 1 aliphatic heterocycles. The van der Waals surface area contributed by atoms with Crippen molar-refractivity contribution in [2.24, 2.45) is 17.8 Å². The third kappa shape index (κ3) is 3.85. The van der Waals surface area contributed by atoms with E-state index >= 15 is 0 Å². The summed E-state index contributed by atoms with van der Waals surface area (Å²) in [6, 6.07) is -0.0154. The minimum atomic E-state index is -0.798. The maximum Gasteiger partial charge on any atom is 0.320 e. The molecule has 1 rings (SSSR count). The zero-order chi connectivity index (χ0) is 14.6. The van der Waals surface area contributed by atoms with Crippen molar-refractivity contribution in [2.45, 2.75) is 34.1 Å². The second-order valence-corrected chi connectivity index (χ2v) is 5.66. The largest absolute Gasteiger partial charge is 0.481 e. The molecule has 0 aromatic heterocycles. The highest BCUT2D eigenvalue weighted by Gasteiger charge is 2.38. The van der Waals surface area contributed by atoms with Crippen LogP contribution >= 0.6 is 0 Å². The Balaban J connectivity index is 2.64. The smallest absolute Gasteiger partial charge is 0.320 e. The molecule has 0 spiro atoms. The molecule has 1 aliphatic rings. The Morgan fingerprint density at radius 3 is 2.42 bits per heavy atom. The minimum Gasteiger partial charge on any atom is -0.481 e. The van der Waals surface area contributed by atoms with Gasteiger partial charge in [-0.05, 0) is 18.8 Å². The van der Waals surface area contributed by atoms with Crippen LogP contribution in [0.2, 0.25) is 0 Å². The van der Waals surface area contributed by atoms with E-state index in [-0.39, 0.29) is 11.9 Å². The molecule has 0 aromatic carbocycles. The van der Waals surface area contributed by atoms with E-state index in [1.165, 1.54) is 0 Å². The Labute approximate surface area is 115 Å². The fourth-order valence-electron chi connectivity index (χ4n) is 2.49. The third-order valence-corrected chi connectivity index (χ3v) is 4.08. The number of carboxylic acids is 1. The van der Waals surface area contributed by atoms with Crippen molar-refractivity contribution in [1.29, 1.82) is 0 Å². The summed E-state index contributed by atoms with van der Waals surface area (Å²) in [6.45, 7) is 10.4. The monoisotopic (exact) mass is 270 g/mol. The van der Waals surface area contributed by atoms with Gasteiger partial charge in [-0.2, -0.15) is 0 Å². The van der Waals surface area contributed by atoms with Crippen LogP contribution in [0.4, 0.5) is 4.79 Å². The highest BCUT2D eigenvalue weighted by atomic mass is 16.4. The Kier molecular flexibility index (Phi) is 5.63. The first kappa shape index (κ1) is 15.8. The summed E-state index contributed by atoms with van der Waals surface area (Å²) < 4.78 is 0. The SMILES string of the molecule is CCC(C)CN(CC)C(=O)N1C[C@@H](C)[C@H](C(=O)O)C1. The summed E-state index contributed by atoms with van der Waals surface area (Å²) in [6.07, 6.45) is 1.04. The van der Waals surface area contributed by atoms with Crippen LogP contribution in [-0.2, 0) is 4.79 Å². The summed E-state index contributed by atoms with van der Waals surface area (Å²) >= 11 is 0. The number of carbonyl (C=O) groups is 2. The van der Waals surface area contributed by atoms with Gasteiger partial charge in [0.1, 0.15) is 0 Å². The first-order valence-electron chi connectivity index (χ1n) is 7.17. The van der Waals surface area contributed by atoms with Crippen LogP contribution in [0.5, 0.6) is 0 Å². The quantitative estimate of drug-likeness (QED) is 0.832. The highest BCUT2D eigenvalue weighted by molar-refractivity contribution is 5.77. The van der Waals surface area contributed by atoms with E-state index in [0.29, 0.717) is 25.6 Å². The van der Waals surface area contributed by atoms with Gasteiger partial charge in [-0.25, -0.2) is 4.79 Å². The number of aliphatic carboxylic acids is 1. The van der Waals surface area contributed by atoms with Gasteiger partial charge in [-0.3, -0.25) is 4.79 Å². The van der Waals surface area contributed by atoms with Crippen molar-refractivity contribution in [1.82, 2.24) is 9.80 Å². The average molecular weight is 270 g/mol. The fourth-order valence-corrected chi connectivity index (χ4v) is 2.49. The van der Waals surface area contributed by atoms with E-state index in [2.05, 4.69) is 13.8 Å². The molecule has 1 saturated heterocycles. The van der Waals surface area contributed by atoms with Crippen LogP contribution in [0.1, 0.15) is 34.1 Å². The minimum absolute atomic E-state index is 0.0154.